The molecule has 0 saturated heterocycles. The van der Waals surface area contributed by atoms with Gasteiger partial charge in [0.2, 0.25) is 0 Å². The van der Waals surface area contributed by atoms with Crippen molar-refractivity contribution in [2.45, 2.75) is 26.7 Å². The molecule has 0 atom stereocenters. The van der Waals surface area contributed by atoms with Gasteiger partial charge in [-0.25, -0.2) is 4.98 Å². The number of nitriles is 1. The average Bonchev–Trinajstić information content (AvgIpc) is 3.16. The maximum absolute atomic E-state index is 10.8. The smallest absolute Gasteiger partial charge is 0.258 e. The molecule has 0 N–H and O–H groups in total. The lowest BCUT2D eigenvalue weighted by Crippen LogP contribution is -1.88. The van der Waals surface area contributed by atoms with E-state index in [0.717, 1.165) is 34.5 Å². The van der Waals surface area contributed by atoms with Crippen LogP contribution < -0.4 is 0 Å². The first kappa shape index (κ1) is 19.5. The third-order valence-corrected chi connectivity index (χ3v) is 5.65. The minimum Gasteiger partial charge on any atom is -0.258 e. The number of rotatable bonds is 6. The zero-order chi connectivity index (χ0) is 20.1. The van der Waals surface area contributed by atoms with Gasteiger partial charge in [-0.3, -0.25) is 10.1 Å². The van der Waals surface area contributed by atoms with E-state index in [4.69, 9.17) is 4.98 Å². The Bertz CT molecular complexity index is 1060. The van der Waals surface area contributed by atoms with Crippen molar-refractivity contribution in [3.8, 4) is 17.3 Å². The molecule has 3 aromatic rings. The van der Waals surface area contributed by atoms with Crippen LogP contribution in [0.15, 0.2) is 48.5 Å². The fourth-order valence-electron chi connectivity index (χ4n) is 2.83. The van der Waals surface area contributed by atoms with Crippen LogP contribution in [0.5, 0.6) is 0 Å². The minimum atomic E-state index is -0.441. The predicted octanol–water partition coefficient (Wildman–Crippen LogP) is 5.91. The normalized spacial score (nSPS) is 11.2. The molecule has 0 aliphatic rings. The summed E-state index contributed by atoms with van der Waals surface area (Å²) < 4.78 is 0. The van der Waals surface area contributed by atoms with E-state index in [1.807, 2.05) is 0 Å². The van der Waals surface area contributed by atoms with Gasteiger partial charge < -0.3 is 0 Å². The second-order valence-electron chi connectivity index (χ2n) is 6.21. The van der Waals surface area contributed by atoms with Gasteiger partial charge in [0, 0.05) is 22.6 Å². The van der Waals surface area contributed by atoms with Crippen LogP contribution in [0.1, 0.15) is 34.9 Å². The van der Waals surface area contributed by atoms with E-state index < -0.39 is 4.92 Å². The van der Waals surface area contributed by atoms with Crippen molar-refractivity contribution in [1.82, 2.24) is 4.98 Å². The Morgan fingerprint density at radius 2 is 1.82 bits per heavy atom. The van der Waals surface area contributed by atoms with E-state index in [1.165, 1.54) is 29.0 Å². The van der Waals surface area contributed by atoms with Crippen molar-refractivity contribution in [2.75, 3.05) is 0 Å². The maximum Gasteiger partial charge on any atom is 0.269 e. The number of hydrogen-bond acceptors (Lipinski definition) is 5. The van der Waals surface area contributed by atoms with Gasteiger partial charge in [0.15, 0.2) is 0 Å². The van der Waals surface area contributed by atoms with Gasteiger partial charge in [-0.05, 0) is 42.2 Å². The summed E-state index contributed by atoms with van der Waals surface area (Å²) in [5, 5.41) is 21.1. The van der Waals surface area contributed by atoms with Crippen molar-refractivity contribution in [3.05, 3.63) is 79.7 Å². The Kier molecular flexibility index (Phi) is 5.97. The first-order chi connectivity index (χ1) is 13.5. The third kappa shape index (κ3) is 4.16. The maximum atomic E-state index is 10.8. The molecule has 0 amide bonds. The summed E-state index contributed by atoms with van der Waals surface area (Å²) >= 11 is 1.51. The molecule has 0 bridgehead atoms. The number of nitrogens with zero attached hydrogens (tertiary/aromatic N) is 3. The molecule has 0 saturated carbocycles. The van der Waals surface area contributed by atoms with Gasteiger partial charge in [0.05, 0.1) is 16.2 Å². The lowest BCUT2D eigenvalue weighted by Gasteiger charge is -2.02. The van der Waals surface area contributed by atoms with Crippen molar-refractivity contribution in [1.29, 1.82) is 5.26 Å². The van der Waals surface area contributed by atoms with Gasteiger partial charge in [-0.2, -0.15) is 5.26 Å². The van der Waals surface area contributed by atoms with Gasteiger partial charge in [-0.1, -0.05) is 38.1 Å². The Hall–Kier alpha value is -3.30. The van der Waals surface area contributed by atoms with E-state index in [-0.39, 0.29) is 5.69 Å². The summed E-state index contributed by atoms with van der Waals surface area (Å²) in [6, 6.07) is 16.7. The number of thiazole rings is 1. The second kappa shape index (κ2) is 8.59. The van der Waals surface area contributed by atoms with Crippen molar-refractivity contribution >= 4 is 28.7 Å². The van der Waals surface area contributed by atoms with Crippen molar-refractivity contribution < 1.29 is 4.92 Å². The molecule has 0 spiro atoms. The van der Waals surface area contributed by atoms with E-state index >= 15 is 0 Å². The van der Waals surface area contributed by atoms with Gasteiger partial charge >= 0.3 is 0 Å². The zero-order valence-electron chi connectivity index (χ0n) is 15.7. The molecule has 6 heteroatoms. The van der Waals surface area contributed by atoms with Crippen LogP contribution in [0.3, 0.4) is 0 Å². The molecule has 3 rings (SSSR count). The van der Waals surface area contributed by atoms with E-state index in [1.54, 1.807) is 18.2 Å². The highest BCUT2D eigenvalue weighted by Gasteiger charge is 2.15. The minimum absolute atomic E-state index is 0.0241. The summed E-state index contributed by atoms with van der Waals surface area (Å²) in [5.41, 5.74) is 4.43. The van der Waals surface area contributed by atoms with E-state index in [9.17, 15) is 15.4 Å². The lowest BCUT2D eigenvalue weighted by atomic mass is 10.1. The molecule has 2 aromatic carbocycles. The van der Waals surface area contributed by atoms with Crippen LogP contribution in [0.4, 0.5) is 5.69 Å². The van der Waals surface area contributed by atoms with Crippen LogP contribution in [0.2, 0.25) is 0 Å². The lowest BCUT2D eigenvalue weighted by molar-refractivity contribution is -0.384. The topological polar surface area (TPSA) is 79.8 Å². The summed E-state index contributed by atoms with van der Waals surface area (Å²) in [6.45, 7) is 4.20. The molecule has 28 heavy (non-hydrogen) atoms. The quantitative estimate of drug-likeness (QED) is 0.298. The Balaban J connectivity index is 1.98. The highest BCUT2D eigenvalue weighted by molar-refractivity contribution is 7.13. The third-order valence-electron chi connectivity index (χ3n) is 4.42. The van der Waals surface area contributed by atoms with Crippen molar-refractivity contribution in [3.63, 3.8) is 0 Å². The predicted molar refractivity (Wildman–Crippen MR) is 113 cm³/mol. The Morgan fingerprint density at radius 1 is 1.14 bits per heavy atom. The summed E-state index contributed by atoms with van der Waals surface area (Å²) in [5.74, 6) is 0. The van der Waals surface area contributed by atoms with Crippen LogP contribution >= 0.6 is 11.3 Å². The summed E-state index contributed by atoms with van der Waals surface area (Å²) in [7, 11) is 0. The van der Waals surface area contributed by atoms with E-state index in [0.29, 0.717) is 10.6 Å². The fraction of sp³-hybridized carbons (Fsp3) is 0.182. The highest BCUT2D eigenvalue weighted by atomic mass is 32.1. The van der Waals surface area contributed by atoms with Crippen molar-refractivity contribution in [2.24, 2.45) is 0 Å². The first-order valence-corrected chi connectivity index (χ1v) is 9.83. The van der Waals surface area contributed by atoms with Gasteiger partial charge in [0.25, 0.3) is 5.69 Å². The SMILES string of the molecule is CCc1ccc(-c2nc(/C(C#N)=C/c3ccc([N+](=O)[O-])cc3)sc2CC)cc1. The molecule has 140 valence electrons. The van der Waals surface area contributed by atoms with Crippen LogP contribution in [-0.2, 0) is 12.8 Å². The van der Waals surface area contributed by atoms with Crippen LogP contribution in [0.25, 0.3) is 22.9 Å². The number of hydrogen-bond donors (Lipinski definition) is 0. The molecule has 0 aliphatic heterocycles. The number of non-ortho nitro benzene ring substituents is 1. The van der Waals surface area contributed by atoms with Crippen LogP contribution in [0, 0.1) is 21.4 Å². The summed E-state index contributed by atoms with van der Waals surface area (Å²) in [6.07, 6.45) is 3.53. The molecule has 0 radical (unpaired) electrons. The standard InChI is InChI=1S/C22H19N3O2S/c1-3-15-5-9-17(10-6-15)21-20(4-2)28-22(24-21)18(14-23)13-16-7-11-19(12-8-16)25(26)27/h5-13H,3-4H2,1-2H3/b18-13+. The molecule has 0 unspecified atom stereocenters. The molecular formula is C22H19N3O2S. The summed E-state index contributed by atoms with van der Waals surface area (Å²) in [4.78, 5) is 16.2. The first-order valence-electron chi connectivity index (χ1n) is 9.01. The monoisotopic (exact) mass is 389 g/mol. The Morgan fingerprint density at radius 3 is 2.36 bits per heavy atom. The zero-order valence-corrected chi connectivity index (χ0v) is 16.5. The number of nitro groups is 1. The second-order valence-corrected chi connectivity index (χ2v) is 7.30. The number of nitro benzene ring substituents is 1. The number of benzene rings is 2. The molecule has 5 nitrogen and oxygen atoms in total. The van der Waals surface area contributed by atoms with E-state index in [2.05, 4.69) is 44.2 Å². The highest BCUT2D eigenvalue weighted by Crippen LogP contribution is 2.33. The number of aryl methyl sites for hydroxylation is 2. The van der Waals surface area contributed by atoms with Crippen LogP contribution in [-0.4, -0.2) is 9.91 Å². The number of aromatic nitrogens is 1. The van der Waals surface area contributed by atoms with Gasteiger partial charge in [0.1, 0.15) is 11.1 Å². The number of allylic oxidation sites excluding steroid dienone is 1. The molecular weight excluding hydrogens is 370 g/mol. The average molecular weight is 389 g/mol. The molecule has 1 aromatic heterocycles. The van der Waals surface area contributed by atoms with Gasteiger partial charge in [-0.15, -0.1) is 11.3 Å². The molecule has 0 fully saturated rings. The molecule has 0 aliphatic carbocycles. The fourth-order valence-corrected chi connectivity index (χ4v) is 3.82. The largest absolute Gasteiger partial charge is 0.269 e. The molecule has 1 heterocycles. The Labute approximate surface area is 167 Å².